The first kappa shape index (κ1) is 38.8. The summed E-state index contributed by atoms with van der Waals surface area (Å²) in [7, 11) is 1.62. The van der Waals surface area contributed by atoms with Gasteiger partial charge in [-0.25, -0.2) is 23.6 Å². The highest BCUT2D eigenvalue weighted by atomic mass is 19.4. The average Bonchev–Trinajstić information content (AvgIpc) is 4.03. The van der Waals surface area contributed by atoms with Gasteiger partial charge in [-0.1, -0.05) is 18.1 Å². The Balaban J connectivity index is 1.28. The summed E-state index contributed by atoms with van der Waals surface area (Å²) in [5, 5.41) is 24.3. The molecule has 300 valence electrons. The predicted octanol–water partition coefficient (Wildman–Crippen LogP) is 7.00. The van der Waals surface area contributed by atoms with E-state index in [0.29, 0.717) is 27.2 Å². The number of aliphatic imine (C=N–C) groups is 1. The number of aliphatic hydroxyl groups is 1. The van der Waals surface area contributed by atoms with Gasteiger partial charge in [-0.15, -0.1) is 0 Å². The van der Waals surface area contributed by atoms with Gasteiger partial charge in [0, 0.05) is 53.6 Å². The number of nitrogens with zero attached hydrogens (tertiary/aromatic N) is 6. The van der Waals surface area contributed by atoms with Gasteiger partial charge in [-0.2, -0.15) is 32.1 Å². The molecule has 0 aliphatic heterocycles. The first-order valence-electron chi connectivity index (χ1n) is 18.2. The molecule has 2 fully saturated rings. The number of benzene rings is 2. The predicted molar refractivity (Wildman–Crippen MR) is 196 cm³/mol. The number of para-hydroxylation sites is 1. The van der Waals surface area contributed by atoms with Crippen LogP contribution in [0.25, 0.3) is 22.0 Å². The molecule has 2 aromatic carbocycles. The number of hydrogen-bond donors (Lipinski definition) is 3. The Labute approximate surface area is 325 Å². The number of carbonyl (C=O) groups is 2. The number of urea groups is 1. The molecule has 8 rings (SSSR count). The summed E-state index contributed by atoms with van der Waals surface area (Å²) >= 11 is 0. The van der Waals surface area contributed by atoms with Crippen molar-refractivity contribution in [1.82, 2.24) is 29.9 Å². The lowest BCUT2D eigenvalue weighted by atomic mass is 9.95. The minimum absolute atomic E-state index is 0.0253. The van der Waals surface area contributed by atoms with Gasteiger partial charge in [0.1, 0.15) is 35.2 Å². The van der Waals surface area contributed by atoms with Gasteiger partial charge in [-0.3, -0.25) is 19.5 Å². The smallest absolute Gasteiger partial charge is 0.378 e. The number of pyridine rings is 1. The van der Waals surface area contributed by atoms with Crippen LogP contribution in [0.15, 0.2) is 53.5 Å². The second-order valence-electron chi connectivity index (χ2n) is 15.2. The summed E-state index contributed by atoms with van der Waals surface area (Å²) in [6, 6.07) is 10.3. The van der Waals surface area contributed by atoms with Crippen molar-refractivity contribution in [2.75, 3.05) is 5.32 Å². The lowest BCUT2D eigenvalue weighted by molar-refractivity contribution is -0.142. The highest BCUT2D eigenvalue weighted by Crippen LogP contribution is 2.68. The highest BCUT2D eigenvalue weighted by Gasteiger charge is 2.68. The van der Waals surface area contributed by atoms with Crippen LogP contribution in [0, 0.1) is 29.4 Å². The third-order valence-electron chi connectivity index (χ3n) is 10.0. The lowest BCUT2D eigenvalue weighted by Crippen LogP contribution is -2.30. The molecule has 11 nitrogen and oxygen atoms in total. The normalized spacial score (nSPS) is 18.4. The standard InChI is InChI=1S/C40H33F7N8O3/c1-38(2,58)12-11-23-9-10-24(25-5-4-6-26-33(25)54(3)53-36(26)51-37(57)49-22-7-8-22)32(48-23)29(15-19-13-20(41)16-21(42)14-19)50-30(56)18-55-35-31(34(52-55)40(45,46)47)27-17-28(27)39(35,43)44/h4-6,9-10,13-14,16,22,27-28,58H,7-8,15,17-18H2,1-3H3,(H2,49,51,53,57)/t27-,28+/m0/s1. The lowest BCUT2D eigenvalue weighted by Gasteiger charge is -2.16. The number of nitrogens with one attached hydrogen (secondary N) is 2. The fraction of sp³-hybridized carbons (Fsp3) is 0.350. The molecule has 2 atom stereocenters. The summed E-state index contributed by atoms with van der Waals surface area (Å²) in [5.41, 5.74) is -3.74. The largest absolute Gasteiger partial charge is 0.435 e. The molecule has 0 unspecified atom stereocenters. The zero-order valence-corrected chi connectivity index (χ0v) is 31.0. The number of aryl methyl sites for hydroxylation is 1. The molecule has 3 heterocycles. The maximum absolute atomic E-state index is 15.4. The molecule has 3 amide bonds. The van der Waals surface area contributed by atoms with Gasteiger partial charge in [-0.05, 0) is 80.8 Å². The van der Waals surface area contributed by atoms with Crippen molar-refractivity contribution in [2.45, 2.75) is 75.7 Å². The molecule has 3 aliphatic rings. The molecule has 0 saturated heterocycles. The zero-order chi connectivity index (χ0) is 41.5. The van der Waals surface area contributed by atoms with E-state index >= 15 is 8.78 Å². The van der Waals surface area contributed by atoms with Gasteiger partial charge < -0.3 is 10.4 Å². The van der Waals surface area contributed by atoms with Gasteiger partial charge in [0.15, 0.2) is 11.5 Å². The van der Waals surface area contributed by atoms with Crippen molar-refractivity contribution in [3.05, 3.63) is 94.1 Å². The van der Waals surface area contributed by atoms with Gasteiger partial charge in [0.2, 0.25) is 0 Å². The first-order chi connectivity index (χ1) is 27.3. The fourth-order valence-electron chi connectivity index (χ4n) is 7.38. The molecule has 5 aromatic rings. The SMILES string of the molecule is Cn1nc(NC(=O)NC2CC2)c2cccc(-c3ccc(C#CC(C)(C)O)nc3C(Cc3cc(F)cc(F)c3)=NC(=O)Cn3nc(C(F)(F)F)c4c3C(F)(F)[C@@H]3C[C@H]43)c21. The van der Waals surface area contributed by atoms with Crippen LogP contribution in [0.4, 0.5) is 41.3 Å². The summed E-state index contributed by atoms with van der Waals surface area (Å²) in [6.07, 6.45) is -4.00. The van der Waals surface area contributed by atoms with E-state index < -0.39 is 83.0 Å². The Morgan fingerprint density at radius 2 is 1.76 bits per heavy atom. The molecule has 3 aromatic heterocycles. The van der Waals surface area contributed by atoms with Crippen molar-refractivity contribution in [3.63, 3.8) is 0 Å². The molecular formula is C40H33F7N8O3. The van der Waals surface area contributed by atoms with Crippen molar-refractivity contribution in [2.24, 2.45) is 18.0 Å². The van der Waals surface area contributed by atoms with Gasteiger partial charge >= 0.3 is 12.2 Å². The quantitative estimate of drug-likeness (QED) is 0.0877. The number of rotatable bonds is 8. The fourth-order valence-corrected chi connectivity index (χ4v) is 7.38. The van der Waals surface area contributed by atoms with Gasteiger partial charge in [0.05, 0.1) is 16.9 Å². The van der Waals surface area contributed by atoms with Crippen molar-refractivity contribution >= 4 is 34.4 Å². The summed E-state index contributed by atoms with van der Waals surface area (Å²) in [4.78, 5) is 35.4. The van der Waals surface area contributed by atoms with Crippen LogP contribution >= 0.6 is 0 Å². The maximum atomic E-state index is 15.4. The third-order valence-corrected chi connectivity index (χ3v) is 10.0. The monoisotopic (exact) mass is 806 g/mol. The average molecular weight is 807 g/mol. The van der Waals surface area contributed by atoms with E-state index in [-0.39, 0.29) is 46.5 Å². The Bertz CT molecular complexity index is 2610. The Morgan fingerprint density at radius 1 is 1.03 bits per heavy atom. The second kappa shape index (κ2) is 13.8. The third kappa shape index (κ3) is 7.53. The number of aromatic nitrogens is 5. The topological polar surface area (TPSA) is 139 Å². The first-order valence-corrected chi connectivity index (χ1v) is 18.2. The summed E-state index contributed by atoms with van der Waals surface area (Å²) in [6.45, 7) is 1.74. The van der Waals surface area contributed by atoms with E-state index in [9.17, 15) is 36.6 Å². The van der Waals surface area contributed by atoms with Crippen LogP contribution in [0.5, 0.6) is 0 Å². The Morgan fingerprint density at radius 3 is 2.43 bits per heavy atom. The number of carbonyl (C=O) groups excluding carboxylic acids is 2. The van der Waals surface area contributed by atoms with E-state index in [4.69, 9.17) is 0 Å². The number of anilines is 1. The molecule has 58 heavy (non-hydrogen) atoms. The Hall–Kier alpha value is -6.09. The van der Waals surface area contributed by atoms with Crippen LogP contribution in [-0.2, 0) is 36.9 Å². The second-order valence-corrected chi connectivity index (χ2v) is 15.2. The maximum Gasteiger partial charge on any atom is 0.435 e. The van der Waals surface area contributed by atoms with E-state index in [1.54, 1.807) is 31.3 Å². The number of hydrogen-bond acceptors (Lipinski definition) is 6. The van der Waals surface area contributed by atoms with E-state index in [0.717, 1.165) is 25.0 Å². The molecule has 0 spiro atoms. The minimum atomic E-state index is -5.07. The molecule has 18 heteroatoms. The zero-order valence-electron chi connectivity index (χ0n) is 31.0. The van der Waals surface area contributed by atoms with Crippen molar-refractivity contribution in [3.8, 4) is 23.0 Å². The van der Waals surface area contributed by atoms with E-state index in [1.165, 1.54) is 24.6 Å². The Kier molecular flexibility index (Phi) is 9.22. The van der Waals surface area contributed by atoms with Crippen molar-refractivity contribution in [1.29, 1.82) is 0 Å². The number of fused-ring (bicyclic) bond motifs is 4. The number of alkyl halides is 5. The van der Waals surface area contributed by atoms with Crippen LogP contribution in [0.3, 0.4) is 0 Å². The molecule has 3 N–H and O–H groups in total. The van der Waals surface area contributed by atoms with Crippen LogP contribution < -0.4 is 10.6 Å². The summed E-state index contributed by atoms with van der Waals surface area (Å²) < 4.78 is 104. The van der Waals surface area contributed by atoms with E-state index in [2.05, 4.69) is 42.6 Å². The van der Waals surface area contributed by atoms with Crippen LogP contribution in [0.1, 0.15) is 72.9 Å². The van der Waals surface area contributed by atoms with Gasteiger partial charge in [0.25, 0.3) is 11.8 Å². The van der Waals surface area contributed by atoms with E-state index in [1.807, 2.05) is 0 Å². The molecule has 3 aliphatic carbocycles. The number of halogens is 7. The highest BCUT2D eigenvalue weighted by molar-refractivity contribution is 6.13. The van der Waals surface area contributed by atoms with Crippen LogP contribution in [0.2, 0.25) is 0 Å². The molecule has 0 bridgehead atoms. The van der Waals surface area contributed by atoms with Crippen LogP contribution in [-0.4, -0.2) is 58.9 Å². The minimum Gasteiger partial charge on any atom is -0.378 e. The summed E-state index contributed by atoms with van der Waals surface area (Å²) in [5.74, 6) is -3.61. The molecule has 0 radical (unpaired) electrons. The molecular weight excluding hydrogens is 773 g/mol. The number of amides is 3. The van der Waals surface area contributed by atoms with Crippen molar-refractivity contribution < 1.29 is 45.4 Å². The molecule has 2 saturated carbocycles.